The van der Waals surface area contributed by atoms with Crippen LogP contribution in [0.25, 0.3) is 10.9 Å². The van der Waals surface area contributed by atoms with E-state index in [9.17, 15) is 9.59 Å². The van der Waals surface area contributed by atoms with E-state index in [1.54, 1.807) is 18.2 Å². The predicted molar refractivity (Wildman–Crippen MR) is 96.9 cm³/mol. The Morgan fingerprint density at radius 2 is 1.84 bits per heavy atom. The third kappa shape index (κ3) is 4.33. The average molecular weight is 331 g/mol. The lowest BCUT2D eigenvalue weighted by Gasteiger charge is -2.06. The Hall–Kier alpha value is -3.39. The van der Waals surface area contributed by atoms with Crippen molar-refractivity contribution in [2.45, 2.75) is 13.0 Å². The van der Waals surface area contributed by atoms with Crippen LogP contribution in [0.1, 0.15) is 12.0 Å². The van der Waals surface area contributed by atoms with E-state index in [2.05, 4.69) is 22.1 Å². The van der Waals surface area contributed by atoms with E-state index < -0.39 is 0 Å². The van der Waals surface area contributed by atoms with Gasteiger partial charge in [0, 0.05) is 18.5 Å². The fourth-order valence-electron chi connectivity index (χ4n) is 2.39. The highest BCUT2D eigenvalue weighted by Gasteiger charge is 2.05. The molecule has 0 aliphatic rings. The van der Waals surface area contributed by atoms with Crippen LogP contribution in [-0.2, 0) is 11.3 Å². The van der Waals surface area contributed by atoms with Gasteiger partial charge in [0.05, 0.1) is 23.8 Å². The largest absolute Gasteiger partial charge is 0.345 e. The number of carbonyl (C=O) groups excluding carboxylic acids is 1. The zero-order valence-corrected chi connectivity index (χ0v) is 13.6. The predicted octanol–water partition coefficient (Wildman–Crippen LogP) is 1.95. The van der Waals surface area contributed by atoms with Gasteiger partial charge in [-0.3, -0.25) is 14.2 Å². The number of aryl methyl sites for hydroxylation is 1. The Labute approximate surface area is 145 Å². The summed E-state index contributed by atoms with van der Waals surface area (Å²) in [7, 11) is 0. The number of hydrogen-bond donors (Lipinski definition) is 1. The summed E-state index contributed by atoms with van der Waals surface area (Å²) in [5, 5.41) is 3.29. The van der Waals surface area contributed by atoms with Crippen LogP contribution in [-0.4, -0.2) is 22.0 Å². The zero-order valence-electron chi connectivity index (χ0n) is 13.6. The molecular weight excluding hydrogens is 314 g/mol. The summed E-state index contributed by atoms with van der Waals surface area (Å²) in [4.78, 5) is 28.5. The summed E-state index contributed by atoms with van der Waals surface area (Å²) in [6, 6.07) is 16.7. The Morgan fingerprint density at radius 1 is 1.08 bits per heavy atom. The van der Waals surface area contributed by atoms with E-state index in [4.69, 9.17) is 0 Å². The van der Waals surface area contributed by atoms with Gasteiger partial charge in [-0.25, -0.2) is 4.98 Å². The maximum atomic E-state index is 12.3. The lowest BCUT2D eigenvalue weighted by molar-refractivity contribution is -0.121. The second-order valence-corrected chi connectivity index (χ2v) is 5.45. The summed E-state index contributed by atoms with van der Waals surface area (Å²) >= 11 is 0. The SMILES string of the molecule is O=C(CCn1cnc2ccccc2c1=O)NCC#Cc1ccccc1. The monoisotopic (exact) mass is 331 g/mol. The second kappa shape index (κ2) is 7.93. The second-order valence-electron chi connectivity index (χ2n) is 5.45. The third-order valence-corrected chi connectivity index (χ3v) is 3.69. The molecular formula is C20H17N3O2. The first kappa shape index (κ1) is 16.5. The van der Waals surface area contributed by atoms with E-state index >= 15 is 0 Å². The van der Waals surface area contributed by atoms with Crippen LogP contribution in [0.2, 0.25) is 0 Å². The van der Waals surface area contributed by atoms with Crippen LogP contribution in [0.15, 0.2) is 65.7 Å². The van der Waals surface area contributed by atoms with Crippen LogP contribution in [0.3, 0.4) is 0 Å². The van der Waals surface area contributed by atoms with E-state index in [-0.39, 0.29) is 31.0 Å². The number of nitrogens with zero attached hydrogens (tertiary/aromatic N) is 2. The van der Waals surface area contributed by atoms with E-state index in [0.29, 0.717) is 10.9 Å². The van der Waals surface area contributed by atoms with Crippen molar-refractivity contribution in [1.29, 1.82) is 0 Å². The van der Waals surface area contributed by atoms with E-state index in [0.717, 1.165) is 5.56 Å². The normalized spacial score (nSPS) is 10.1. The fourth-order valence-corrected chi connectivity index (χ4v) is 2.39. The fraction of sp³-hybridized carbons (Fsp3) is 0.150. The molecule has 3 rings (SSSR count). The zero-order chi connectivity index (χ0) is 17.5. The molecule has 5 nitrogen and oxygen atoms in total. The summed E-state index contributed by atoms with van der Waals surface area (Å²) in [6.45, 7) is 0.563. The molecule has 0 spiro atoms. The lowest BCUT2D eigenvalue weighted by Crippen LogP contribution is -2.27. The van der Waals surface area contributed by atoms with Gasteiger partial charge in [0.1, 0.15) is 0 Å². The molecule has 25 heavy (non-hydrogen) atoms. The van der Waals surface area contributed by atoms with Gasteiger partial charge < -0.3 is 5.32 Å². The molecule has 0 saturated heterocycles. The van der Waals surface area contributed by atoms with Crippen molar-refractivity contribution >= 4 is 16.8 Å². The maximum absolute atomic E-state index is 12.3. The minimum absolute atomic E-state index is 0.137. The Kier molecular flexibility index (Phi) is 5.22. The first-order chi connectivity index (χ1) is 12.2. The molecule has 0 aliphatic heterocycles. The molecule has 1 heterocycles. The molecule has 0 unspecified atom stereocenters. The molecule has 0 atom stereocenters. The van der Waals surface area contributed by atoms with Crippen molar-refractivity contribution < 1.29 is 4.79 Å². The van der Waals surface area contributed by atoms with Gasteiger partial charge >= 0.3 is 0 Å². The van der Waals surface area contributed by atoms with Gasteiger partial charge in [-0.1, -0.05) is 42.2 Å². The molecule has 0 radical (unpaired) electrons. The number of carbonyl (C=O) groups is 1. The molecule has 124 valence electrons. The molecule has 0 saturated carbocycles. The number of rotatable bonds is 4. The minimum Gasteiger partial charge on any atom is -0.345 e. The Bertz CT molecular complexity index is 998. The molecule has 2 aromatic carbocycles. The molecule has 1 N–H and O–H groups in total. The van der Waals surface area contributed by atoms with Crippen molar-refractivity contribution in [3.05, 3.63) is 76.8 Å². The van der Waals surface area contributed by atoms with Crippen LogP contribution in [0, 0.1) is 11.8 Å². The molecule has 5 heteroatoms. The number of para-hydroxylation sites is 1. The van der Waals surface area contributed by atoms with Crippen molar-refractivity contribution in [3.8, 4) is 11.8 Å². The Balaban J connectivity index is 1.54. The number of nitrogens with one attached hydrogen (secondary N) is 1. The average Bonchev–Trinajstić information content (AvgIpc) is 2.66. The lowest BCUT2D eigenvalue weighted by atomic mass is 10.2. The van der Waals surface area contributed by atoms with Crippen molar-refractivity contribution in [2.24, 2.45) is 0 Å². The first-order valence-electron chi connectivity index (χ1n) is 7.99. The molecule has 3 aromatic rings. The molecule has 0 aliphatic carbocycles. The minimum atomic E-state index is -0.151. The van der Waals surface area contributed by atoms with Gasteiger partial charge in [-0.05, 0) is 24.3 Å². The van der Waals surface area contributed by atoms with Crippen molar-refractivity contribution in [2.75, 3.05) is 6.54 Å². The Morgan fingerprint density at radius 3 is 2.68 bits per heavy atom. The molecule has 0 fully saturated rings. The summed E-state index contributed by atoms with van der Waals surface area (Å²) in [5.74, 6) is 5.73. The van der Waals surface area contributed by atoms with Crippen LogP contribution in [0.5, 0.6) is 0 Å². The van der Waals surface area contributed by atoms with Crippen LogP contribution < -0.4 is 10.9 Å². The van der Waals surface area contributed by atoms with Crippen molar-refractivity contribution in [1.82, 2.24) is 14.9 Å². The van der Waals surface area contributed by atoms with Gasteiger partial charge in [-0.15, -0.1) is 0 Å². The highest BCUT2D eigenvalue weighted by atomic mass is 16.1. The highest BCUT2D eigenvalue weighted by molar-refractivity contribution is 5.77. The standard InChI is InChI=1S/C20H17N3O2/c24-19(21-13-6-9-16-7-2-1-3-8-16)12-14-23-15-22-18-11-5-4-10-17(18)20(23)25/h1-5,7-8,10-11,15H,12-14H2,(H,21,24). The number of benzene rings is 2. The first-order valence-corrected chi connectivity index (χ1v) is 7.99. The topological polar surface area (TPSA) is 64.0 Å². The highest BCUT2D eigenvalue weighted by Crippen LogP contribution is 2.04. The number of amides is 1. The quantitative estimate of drug-likeness (QED) is 0.743. The molecule has 0 bridgehead atoms. The van der Waals surface area contributed by atoms with Gasteiger partial charge in [0.25, 0.3) is 5.56 Å². The number of hydrogen-bond acceptors (Lipinski definition) is 3. The molecule has 1 aromatic heterocycles. The van der Waals surface area contributed by atoms with Crippen molar-refractivity contribution in [3.63, 3.8) is 0 Å². The summed E-state index contributed by atoms with van der Waals surface area (Å²) in [5.41, 5.74) is 1.43. The van der Waals surface area contributed by atoms with Crippen LogP contribution in [0.4, 0.5) is 0 Å². The molecule has 1 amide bonds. The maximum Gasteiger partial charge on any atom is 0.261 e. The summed E-state index contributed by atoms with van der Waals surface area (Å²) < 4.78 is 1.46. The van der Waals surface area contributed by atoms with Gasteiger partial charge in [0.15, 0.2) is 0 Å². The summed E-state index contributed by atoms with van der Waals surface area (Å²) in [6.07, 6.45) is 1.68. The van der Waals surface area contributed by atoms with Crippen LogP contribution >= 0.6 is 0 Å². The van der Waals surface area contributed by atoms with Gasteiger partial charge in [0.2, 0.25) is 5.91 Å². The smallest absolute Gasteiger partial charge is 0.261 e. The number of fused-ring (bicyclic) bond motifs is 1. The van der Waals surface area contributed by atoms with E-state index in [1.165, 1.54) is 10.9 Å². The number of aromatic nitrogens is 2. The third-order valence-electron chi connectivity index (χ3n) is 3.69. The van der Waals surface area contributed by atoms with Gasteiger partial charge in [-0.2, -0.15) is 0 Å². The van der Waals surface area contributed by atoms with E-state index in [1.807, 2.05) is 36.4 Å².